The first-order valence-electron chi connectivity index (χ1n) is 9.20. The van der Waals surface area contributed by atoms with Crippen molar-refractivity contribution in [1.82, 2.24) is 24.4 Å². The normalized spacial score (nSPS) is 22.6. The van der Waals surface area contributed by atoms with Gasteiger partial charge in [0.2, 0.25) is 0 Å². The van der Waals surface area contributed by atoms with E-state index >= 15 is 0 Å². The molecular weight excluding hydrogens is 320 g/mol. The summed E-state index contributed by atoms with van der Waals surface area (Å²) in [4.78, 5) is 18.0. The van der Waals surface area contributed by atoms with Crippen molar-refractivity contribution in [2.75, 3.05) is 50.8 Å². The third-order valence-corrected chi connectivity index (χ3v) is 5.05. The third kappa shape index (κ3) is 3.75. The molecule has 136 valence electrons. The van der Waals surface area contributed by atoms with Crippen molar-refractivity contribution in [2.45, 2.75) is 31.9 Å². The molecule has 25 heavy (non-hydrogen) atoms. The Bertz CT molecular complexity index is 700. The van der Waals surface area contributed by atoms with Gasteiger partial charge in [0.1, 0.15) is 6.33 Å². The molecule has 1 N–H and O–H groups in total. The molecule has 0 saturated carbocycles. The molecule has 2 saturated heterocycles. The molecule has 4 heterocycles. The van der Waals surface area contributed by atoms with E-state index in [1.807, 2.05) is 6.33 Å². The van der Waals surface area contributed by atoms with Crippen LogP contribution in [-0.2, 0) is 11.3 Å². The SMILES string of the molecule is OC1CCCN(CCCn2cnc3c(N4CCOCC4)ncnc32)C1. The molecule has 2 fully saturated rings. The predicted octanol–water partition coefficient (Wildman–Crippen LogP) is 0.510. The summed E-state index contributed by atoms with van der Waals surface area (Å²) in [6.07, 6.45) is 6.39. The average Bonchev–Trinajstić information content (AvgIpc) is 3.06. The molecule has 2 aliphatic heterocycles. The first-order valence-corrected chi connectivity index (χ1v) is 9.20. The van der Waals surface area contributed by atoms with Gasteiger partial charge < -0.3 is 24.2 Å². The molecule has 8 heteroatoms. The zero-order valence-corrected chi connectivity index (χ0v) is 14.5. The monoisotopic (exact) mass is 346 g/mol. The number of aliphatic hydroxyl groups excluding tert-OH is 1. The molecule has 0 bridgehead atoms. The number of β-amino-alcohol motifs (C(OH)–C–C–N with tert-alkyl or cyclic N) is 1. The number of rotatable bonds is 5. The average molecular weight is 346 g/mol. The summed E-state index contributed by atoms with van der Waals surface area (Å²) in [7, 11) is 0. The second-order valence-electron chi connectivity index (χ2n) is 6.86. The van der Waals surface area contributed by atoms with E-state index in [0.29, 0.717) is 0 Å². The van der Waals surface area contributed by atoms with Crippen LogP contribution in [0.2, 0.25) is 0 Å². The number of imidazole rings is 1. The maximum atomic E-state index is 9.77. The van der Waals surface area contributed by atoms with E-state index < -0.39 is 0 Å². The van der Waals surface area contributed by atoms with Gasteiger partial charge in [0.05, 0.1) is 25.6 Å². The van der Waals surface area contributed by atoms with E-state index in [1.165, 1.54) is 0 Å². The zero-order chi connectivity index (χ0) is 17.1. The Hall–Kier alpha value is -1.77. The van der Waals surface area contributed by atoms with E-state index in [2.05, 4.69) is 29.3 Å². The number of aliphatic hydroxyl groups is 1. The summed E-state index contributed by atoms with van der Waals surface area (Å²) in [5.41, 5.74) is 1.77. The van der Waals surface area contributed by atoms with Crippen LogP contribution in [0, 0.1) is 0 Å². The van der Waals surface area contributed by atoms with Crippen LogP contribution in [0.1, 0.15) is 19.3 Å². The number of aryl methyl sites for hydroxylation is 1. The molecule has 4 rings (SSSR count). The van der Waals surface area contributed by atoms with Gasteiger partial charge in [0.15, 0.2) is 17.0 Å². The number of nitrogens with zero attached hydrogens (tertiary/aromatic N) is 6. The Morgan fingerprint density at radius 2 is 2.00 bits per heavy atom. The van der Waals surface area contributed by atoms with E-state index in [9.17, 15) is 5.11 Å². The lowest BCUT2D eigenvalue weighted by Gasteiger charge is -2.29. The maximum absolute atomic E-state index is 9.77. The second kappa shape index (κ2) is 7.63. The van der Waals surface area contributed by atoms with Crippen molar-refractivity contribution in [2.24, 2.45) is 0 Å². The Morgan fingerprint density at radius 3 is 2.84 bits per heavy atom. The quantitative estimate of drug-likeness (QED) is 0.845. The summed E-state index contributed by atoms with van der Waals surface area (Å²) in [5, 5.41) is 9.77. The van der Waals surface area contributed by atoms with Crippen molar-refractivity contribution in [3.8, 4) is 0 Å². The lowest BCUT2D eigenvalue weighted by Crippen LogP contribution is -2.38. The second-order valence-corrected chi connectivity index (χ2v) is 6.86. The zero-order valence-electron chi connectivity index (χ0n) is 14.5. The number of likely N-dealkylation sites (tertiary alicyclic amines) is 1. The van der Waals surface area contributed by atoms with Gasteiger partial charge >= 0.3 is 0 Å². The van der Waals surface area contributed by atoms with E-state index in [-0.39, 0.29) is 6.10 Å². The van der Waals surface area contributed by atoms with Crippen molar-refractivity contribution in [3.63, 3.8) is 0 Å². The van der Waals surface area contributed by atoms with Crippen LogP contribution in [0.15, 0.2) is 12.7 Å². The first-order chi connectivity index (χ1) is 12.3. The van der Waals surface area contributed by atoms with Gasteiger partial charge in [-0.1, -0.05) is 0 Å². The minimum Gasteiger partial charge on any atom is -0.392 e. The number of anilines is 1. The molecule has 0 aliphatic carbocycles. The van der Waals surface area contributed by atoms with E-state index in [4.69, 9.17) is 4.74 Å². The Kier molecular flexibility index (Phi) is 5.09. The number of morpholine rings is 1. The van der Waals surface area contributed by atoms with E-state index in [1.54, 1.807) is 6.33 Å². The van der Waals surface area contributed by atoms with Crippen LogP contribution in [0.3, 0.4) is 0 Å². The van der Waals surface area contributed by atoms with Gasteiger partial charge in [0, 0.05) is 26.2 Å². The van der Waals surface area contributed by atoms with Gasteiger partial charge in [-0.2, -0.15) is 0 Å². The van der Waals surface area contributed by atoms with Crippen molar-refractivity contribution in [3.05, 3.63) is 12.7 Å². The Morgan fingerprint density at radius 1 is 1.12 bits per heavy atom. The van der Waals surface area contributed by atoms with Crippen LogP contribution in [0.5, 0.6) is 0 Å². The number of fused-ring (bicyclic) bond motifs is 1. The topological polar surface area (TPSA) is 79.5 Å². The highest BCUT2D eigenvalue weighted by molar-refractivity contribution is 5.83. The van der Waals surface area contributed by atoms with Crippen LogP contribution < -0.4 is 4.90 Å². The van der Waals surface area contributed by atoms with Crippen molar-refractivity contribution >= 4 is 17.0 Å². The van der Waals surface area contributed by atoms with Gasteiger partial charge in [0.25, 0.3) is 0 Å². The number of piperidine rings is 1. The highest BCUT2D eigenvalue weighted by Crippen LogP contribution is 2.22. The number of ether oxygens (including phenoxy) is 1. The van der Waals surface area contributed by atoms with Gasteiger partial charge in [-0.15, -0.1) is 0 Å². The minimum atomic E-state index is -0.161. The molecule has 1 unspecified atom stereocenters. The Labute approximate surface area is 147 Å². The molecule has 1 atom stereocenters. The van der Waals surface area contributed by atoms with Crippen molar-refractivity contribution < 1.29 is 9.84 Å². The summed E-state index contributed by atoms with van der Waals surface area (Å²) < 4.78 is 7.54. The molecule has 2 aromatic rings. The summed E-state index contributed by atoms with van der Waals surface area (Å²) in [6.45, 7) is 6.91. The van der Waals surface area contributed by atoms with Gasteiger partial charge in [-0.25, -0.2) is 15.0 Å². The largest absolute Gasteiger partial charge is 0.392 e. The molecule has 2 aromatic heterocycles. The number of hydrogen-bond donors (Lipinski definition) is 1. The van der Waals surface area contributed by atoms with Crippen molar-refractivity contribution in [1.29, 1.82) is 0 Å². The standard InChI is InChI=1S/C17H26N6O2/c24-14-3-1-4-21(11-14)5-2-6-23-13-20-15-16(18-12-19-17(15)23)22-7-9-25-10-8-22/h12-14,24H,1-11H2. The number of aromatic nitrogens is 4. The van der Waals surface area contributed by atoms with E-state index in [0.717, 1.165) is 88.7 Å². The van der Waals surface area contributed by atoms with Gasteiger partial charge in [-0.3, -0.25) is 0 Å². The molecule has 8 nitrogen and oxygen atoms in total. The molecule has 0 spiro atoms. The molecule has 0 amide bonds. The van der Waals surface area contributed by atoms with Crippen LogP contribution in [0.4, 0.5) is 5.82 Å². The van der Waals surface area contributed by atoms with Gasteiger partial charge in [-0.05, 0) is 32.4 Å². The van der Waals surface area contributed by atoms with Crippen LogP contribution in [0.25, 0.3) is 11.2 Å². The third-order valence-electron chi connectivity index (χ3n) is 5.05. The smallest absolute Gasteiger partial charge is 0.165 e. The maximum Gasteiger partial charge on any atom is 0.165 e. The summed E-state index contributed by atoms with van der Waals surface area (Å²) in [6, 6.07) is 0. The molecule has 2 aliphatic rings. The molecule has 0 aromatic carbocycles. The predicted molar refractivity (Wildman–Crippen MR) is 94.7 cm³/mol. The Balaban J connectivity index is 1.42. The highest BCUT2D eigenvalue weighted by atomic mass is 16.5. The fraction of sp³-hybridized carbons (Fsp3) is 0.706. The van der Waals surface area contributed by atoms with Crippen LogP contribution in [-0.4, -0.2) is 81.6 Å². The first kappa shape index (κ1) is 16.7. The molecular formula is C17H26N6O2. The molecule has 0 radical (unpaired) electrons. The minimum absolute atomic E-state index is 0.161. The fourth-order valence-electron chi connectivity index (χ4n) is 3.74. The summed E-state index contributed by atoms with van der Waals surface area (Å²) in [5.74, 6) is 0.909. The summed E-state index contributed by atoms with van der Waals surface area (Å²) >= 11 is 0. The lowest BCUT2D eigenvalue weighted by molar-refractivity contribution is 0.0696. The highest BCUT2D eigenvalue weighted by Gasteiger charge is 2.19. The number of hydrogen-bond acceptors (Lipinski definition) is 7. The lowest BCUT2D eigenvalue weighted by atomic mass is 10.1. The fourth-order valence-corrected chi connectivity index (χ4v) is 3.74. The van der Waals surface area contributed by atoms with Crippen LogP contribution >= 0.6 is 0 Å².